The van der Waals surface area contributed by atoms with Crippen LogP contribution in [0.5, 0.6) is 0 Å². The highest BCUT2D eigenvalue weighted by Crippen LogP contribution is 2.24. The van der Waals surface area contributed by atoms with Crippen LogP contribution < -0.4 is 5.32 Å². The van der Waals surface area contributed by atoms with Gasteiger partial charge in [0, 0.05) is 23.9 Å². The zero-order valence-corrected chi connectivity index (χ0v) is 9.73. The SMILES string of the molecule is CCCn1cc(-c2ccoc2CNC)cn1. The van der Waals surface area contributed by atoms with Crippen LogP contribution in [-0.4, -0.2) is 16.8 Å². The molecule has 0 spiro atoms. The second kappa shape index (κ2) is 4.99. The Hall–Kier alpha value is -1.55. The lowest BCUT2D eigenvalue weighted by Crippen LogP contribution is -2.04. The van der Waals surface area contributed by atoms with Gasteiger partial charge >= 0.3 is 0 Å². The Morgan fingerprint density at radius 3 is 3.12 bits per heavy atom. The first-order valence-corrected chi connectivity index (χ1v) is 5.59. The fraction of sp³-hybridized carbons (Fsp3) is 0.417. The van der Waals surface area contributed by atoms with Crippen LogP contribution in [0, 0.1) is 0 Å². The molecule has 0 aliphatic heterocycles. The summed E-state index contributed by atoms with van der Waals surface area (Å²) in [6.45, 7) is 3.84. The molecule has 0 atom stereocenters. The molecule has 0 radical (unpaired) electrons. The number of nitrogens with one attached hydrogen (secondary N) is 1. The van der Waals surface area contributed by atoms with Gasteiger partial charge in [-0.05, 0) is 19.5 Å². The van der Waals surface area contributed by atoms with Crippen LogP contribution in [-0.2, 0) is 13.1 Å². The van der Waals surface area contributed by atoms with Crippen LogP contribution >= 0.6 is 0 Å². The summed E-state index contributed by atoms with van der Waals surface area (Å²) in [5.74, 6) is 0.957. The van der Waals surface area contributed by atoms with E-state index >= 15 is 0 Å². The van der Waals surface area contributed by atoms with Gasteiger partial charge in [0.15, 0.2) is 0 Å². The van der Waals surface area contributed by atoms with Gasteiger partial charge in [-0.1, -0.05) is 6.92 Å². The van der Waals surface area contributed by atoms with Crippen LogP contribution in [0.4, 0.5) is 0 Å². The van der Waals surface area contributed by atoms with Crippen molar-refractivity contribution >= 4 is 0 Å². The van der Waals surface area contributed by atoms with Crippen LogP contribution in [0.25, 0.3) is 11.1 Å². The monoisotopic (exact) mass is 219 g/mol. The molecule has 2 aromatic heterocycles. The summed E-state index contributed by atoms with van der Waals surface area (Å²) in [5.41, 5.74) is 2.24. The molecule has 16 heavy (non-hydrogen) atoms. The molecule has 2 heterocycles. The summed E-state index contributed by atoms with van der Waals surface area (Å²) in [6.07, 6.45) is 6.77. The molecule has 4 nitrogen and oxygen atoms in total. The van der Waals surface area contributed by atoms with Crippen molar-refractivity contribution in [3.8, 4) is 11.1 Å². The number of hydrogen-bond acceptors (Lipinski definition) is 3. The van der Waals surface area contributed by atoms with E-state index in [1.807, 2.05) is 24.0 Å². The fourth-order valence-corrected chi connectivity index (χ4v) is 1.75. The summed E-state index contributed by atoms with van der Waals surface area (Å²) in [7, 11) is 1.91. The molecule has 0 unspecified atom stereocenters. The van der Waals surface area contributed by atoms with Crippen molar-refractivity contribution in [3.05, 3.63) is 30.5 Å². The lowest BCUT2D eigenvalue weighted by Gasteiger charge is -1.99. The number of nitrogens with zero attached hydrogens (tertiary/aromatic N) is 2. The molecule has 0 amide bonds. The van der Waals surface area contributed by atoms with E-state index < -0.39 is 0 Å². The van der Waals surface area contributed by atoms with Gasteiger partial charge in [0.25, 0.3) is 0 Å². The predicted molar refractivity (Wildman–Crippen MR) is 63.0 cm³/mol. The zero-order valence-electron chi connectivity index (χ0n) is 9.73. The van der Waals surface area contributed by atoms with E-state index in [2.05, 4.69) is 23.5 Å². The third-order valence-corrected chi connectivity index (χ3v) is 2.48. The standard InChI is InChI=1S/C12H17N3O/c1-3-5-15-9-10(7-14-15)11-4-6-16-12(11)8-13-2/h4,6-7,9,13H,3,5,8H2,1-2H3. The Labute approximate surface area is 95.3 Å². The first-order valence-electron chi connectivity index (χ1n) is 5.59. The molecule has 0 aliphatic rings. The highest BCUT2D eigenvalue weighted by Gasteiger charge is 2.09. The number of hydrogen-bond donors (Lipinski definition) is 1. The highest BCUT2D eigenvalue weighted by molar-refractivity contribution is 5.63. The molecule has 86 valence electrons. The quantitative estimate of drug-likeness (QED) is 0.838. The summed E-state index contributed by atoms with van der Waals surface area (Å²) >= 11 is 0. The fourth-order valence-electron chi connectivity index (χ4n) is 1.75. The highest BCUT2D eigenvalue weighted by atomic mass is 16.3. The largest absolute Gasteiger partial charge is 0.467 e. The Bertz CT molecular complexity index is 445. The number of rotatable bonds is 5. The molecule has 0 fully saturated rings. The van der Waals surface area contributed by atoms with Gasteiger partial charge in [-0.15, -0.1) is 0 Å². The van der Waals surface area contributed by atoms with Gasteiger partial charge in [0.05, 0.1) is 19.0 Å². The Balaban J connectivity index is 2.24. The molecule has 0 bridgehead atoms. The Morgan fingerprint density at radius 1 is 1.50 bits per heavy atom. The zero-order chi connectivity index (χ0) is 11.4. The lowest BCUT2D eigenvalue weighted by molar-refractivity contribution is 0.497. The van der Waals surface area contributed by atoms with E-state index in [-0.39, 0.29) is 0 Å². The maximum atomic E-state index is 5.43. The summed E-state index contributed by atoms with van der Waals surface area (Å²) < 4.78 is 7.39. The second-order valence-electron chi connectivity index (χ2n) is 3.78. The van der Waals surface area contributed by atoms with Crippen molar-refractivity contribution in [2.45, 2.75) is 26.4 Å². The Kier molecular flexibility index (Phi) is 3.41. The van der Waals surface area contributed by atoms with E-state index in [0.717, 1.165) is 36.4 Å². The number of furan rings is 1. The summed E-state index contributed by atoms with van der Waals surface area (Å²) in [4.78, 5) is 0. The van der Waals surface area contributed by atoms with Crippen molar-refractivity contribution < 1.29 is 4.42 Å². The second-order valence-corrected chi connectivity index (χ2v) is 3.78. The Morgan fingerprint density at radius 2 is 2.38 bits per heavy atom. The molecular formula is C12H17N3O. The van der Waals surface area contributed by atoms with Gasteiger partial charge in [0.1, 0.15) is 5.76 Å². The predicted octanol–water partition coefficient (Wildman–Crippen LogP) is 2.27. The molecule has 2 rings (SSSR count). The normalized spacial score (nSPS) is 10.9. The maximum Gasteiger partial charge on any atom is 0.125 e. The van der Waals surface area contributed by atoms with E-state index in [1.54, 1.807) is 6.26 Å². The number of aromatic nitrogens is 2. The van der Waals surface area contributed by atoms with E-state index in [9.17, 15) is 0 Å². The summed E-state index contributed by atoms with van der Waals surface area (Å²) in [5, 5.41) is 7.41. The minimum Gasteiger partial charge on any atom is -0.467 e. The van der Waals surface area contributed by atoms with Gasteiger partial charge in [-0.2, -0.15) is 5.10 Å². The van der Waals surface area contributed by atoms with Crippen LogP contribution in [0.2, 0.25) is 0 Å². The average molecular weight is 219 g/mol. The third kappa shape index (κ3) is 2.17. The van der Waals surface area contributed by atoms with Crippen LogP contribution in [0.15, 0.2) is 29.1 Å². The molecule has 2 aromatic rings. The molecule has 0 saturated heterocycles. The van der Waals surface area contributed by atoms with Crippen molar-refractivity contribution in [2.75, 3.05) is 7.05 Å². The first-order chi connectivity index (χ1) is 7.85. The molecular weight excluding hydrogens is 202 g/mol. The molecule has 0 saturated carbocycles. The minimum atomic E-state index is 0.737. The molecule has 0 aliphatic carbocycles. The third-order valence-electron chi connectivity index (χ3n) is 2.48. The minimum absolute atomic E-state index is 0.737. The van der Waals surface area contributed by atoms with E-state index in [1.165, 1.54) is 0 Å². The number of aryl methyl sites for hydroxylation is 1. The maximum absolute atomic E-state index is 5.43. The summed E-state index contributed by atoms with van der Waals surface area (Å²) in [6, 6.07) is 1.99. The van der Waals surface area contributed by atoms with Crippen molar-refractivity contribution in [1.82, 2.24) is 15.1 Å². The van der Waals surface area contributed by atoms with E-state index in [4.69, 9.17) is 4.42 Å². The van der Waals surface area contributed by atoms with Gasteiger partial charge in [-0.25, -0.2) is 0 Å². The van der Waals surface area contributed by atoms with Gasteiger partial charge < -0.3 is 9.73 Å². The van der Waals surface area contributed by atoms with Crippen molar-refractivity contribution in [2.24, 2.45) is 0 Å². The topological polar surface area (TPSA) is 43.0 Å². The smallest absolute Gasteiger partial charge is 0.125 e. The van der Waals surface area contributed by atoms with Crippen molar-refractivity contribution in [1.29, 1.82) is 0 Å². The lowest BCUT2D eigenvalue weighted by atomic mass is 10.1. The first kappa shape index (κ1) is 11.0. The molecule has 0 aromatic carbocycles. The van der Waals surface area contributed by atoms with Gasteiger partial charge in [0.2, 0.25) is 0 Å². The molecule has 1 N–H and O–H groups in total. The van der Waals surface area contributed by atoms with Gasteiger partial charge in [-0.3, -0.25) is 4.68 Å². The van der Waals surface area contributed by atoms with Crippen LogP contribution in [0.1, 0.15) is 19.1 Å². The molecule has 4 heteroatoms. The van der Waals surface area contributed by atoms with Crippen molar-refractivity contribution in [3.63, 3.8) is 0 Å². The van der Waals surface area contributed by atoms with Crippen LogP contribution in [0.3, 0.4) is 0 Å². The van der Waals surface area contributed by atoms with E-state index in [0.29, 0.717) is 0 Å². The average Bonchev–Trinajstić information content (AvgIpc) is 2.87.